The zero-order valence-corrected chi connectivity index (χ0v) is 17.4. The molecule has 0 aliphatic heterocycles. The third kappa shape index (κ3) is 3.70. The zero-order chi connectivity index (χ0) is 16.2. The van der Waals surface area contributed by atoms with Gasteiger partial charge >= 0.3 is 0 Å². The van der Waals surface area contributed by atoms with Crippen LogP contribution in [0.25, 0.3) is 0 Å². The van der Waals surface area contributed by atoms with Crippen molar-refractivity contribution in [1.29, 1.82) is 0 Å². The Morgan fingerprint density at radius 3 is 1.61 bits per heavy atom. The molecular weight excluding hydrogens is 367 g/mol. The molecule has 3 aliphatic carbocycles. The van der Waals surface area contributed by atoms with Crippen LogP contribution in [0.3, 0.4) is 0 Å². The Kier molecular flexibility index (Phi) is 6.90. The van der Waals surface area contributed by atoms with Crippen molar-refractivity contribution in [3.8, 4) is 0 Å². The van der Waals surface area contributed by atoms with E-state index in [1.54, 1.807) is 0 Å². The van der Waals surface area contributed by atoms with Gasteiger partial charge in [-0.1, -0.05) is 19.3 Å². The lowest BCUT2D eigenvalue weighted by molar-refractivity contribution is 0.241. The Labute approximate surface area is 152 Å². The fourth-order valence-corrected chi connectivity index (χ4v) is 16.0. The summed E-state index contributed by atoms with van der Waals surface area (Å²) in [7, 11) is 0. The molecule has 0 unspecified atom stereocenters. The lowest BCUT2D eigenvalue weighted by atomic mass is 9.86. The van der Waals surface area contributed by atoms with E-state index >= 15 is 0 Å². The molecule has 134 valence electrons. The van der Waals surface area contributed by atoms with Crippen molar-refractivity contribution in [2.24, 2.45) is 0 Å². The molecule has 0 aromatic rings. The first-order chi connectivity index (χ1) is 11.2. The van der Waals surface area contributed by atoms with E-state index in [0.29, 0.717) is 11.8 Å². The molecule has 0 atom stereocenters. The summed E-state index contributed by atoms with van der Waals surface area (Å²) in [6, 6.07) is 0. The largest absolute Gasteiger partial charge is 0.396 e. The van der Waals surface area contributed by atoms with Crippen molar-refractivity contribution in [2.45, 2.75) is 119 Å². The van der Waals surface area contributed by atoms with Crippen LogP contribution in [0.5, 0.6) is 0 Å². The molecule has 0 bridgehead atoms. The summed E-state index contributed by atoms with van der Waals surface area (Å²) in [5.74, 6) is -1.19. The van der Waals surface area contributed by atoms with Crippen LogP contribution < -0.4 is 0 Å². The molecule has 0 aromatic carbocycles. The van der Waals surface area contributed by atoms with Gasteiger partial charge in [-0.15, -0.1) is 0 Å². The minimum absolute atomic E-state index is 0.410. The first-order valence-corrected chi connectivity index (χ1v) is 14.4. The Bertz CT molecular complexity index is 331. The van der Waals surface area contributed by atoms with Gasteiger partial charge in [-0.05, 0) is 77.0 Å². The molecule has 3 fully saturated rings. The number of aliphatic hydroxyl groups is 1. The van der Waals surface area contributed by atoms with Crippen molar-refractivity contribution < 1.29 is 5.11 Å². The highest BCUT2D eigenvalue weighted by atomic mass is 79.9. The van der Waals surface area contributed by atoms with Gasteiger partial charge in [0, 0.05) is 13.0 Å². The molecule has 3 saturated carbocycles. The predicted octanol–water partition coefficient (Wildman–Crippen LogP) is 7.06. The molecule has 3 aliphatic rings. The average molecular weight is 404 g/mol. The summed E-state index contributed by atoms with van der Waals surface area (Å²) in [6.07, 6.45) is 22.8. The van der Waals surface area contributed by atoms with E-state index in [4.69, 9.17) is 0 Å². The summed E-state index contributed by atoms with van der Waals surface area (Å²) in [4.78, 5) is 0. The predicted molar refractivity (Wildman–Crippen MR) is 107 cm³/mol. The second-order valence-corrected chi connectivity index (χ2v) is 15.8. The highest BCUT2D eigenvalue weighted by Gasteiger charge is 2.64. The molecular formula is C20H37BrOP+. The van der Waals surface area contributed by atoms with Crippen LogP contribution in [-0.4, -0.2) is 28.2 Å². The monoisotopic (exact) mass is 403 g/mol. The van der Waals surface area contributed by atoms with Crippen LogP contribution in [0.2, 0.25) is 0 Å². The first kappa shape index (κ1) is 18.7. The Balaban J connectivity index is 1.93. The van der Waals surface area contributed by atoms with Crippen LogP contribution >= 0.6 is 21.5 Å². The second-order valence-electron chi connectivity index (χ2n) is 8.53. The third-order valence-electron chi connectivity index (χ3n) is 7.30. The van der Waals surface area contributed by atoms with Crippen LogP contribution in [0, 0.1) is 0 Å². The SMILES string of the molecule is OCCC1([P+](Br)(C2CCCCC2)C2CCCCC2)CCCCC1. The van der Waals surface area contributed by atoms with Crippen molar-refractivity contribution in [1.82, 2.24) is 0 Å². The maximum absolute atomic E-state index is 9.94. The molecule has 23 heavy (non-hydrogen) atoms. The smallest absolute Gasteiger partial charge is 0.140 e. The van der Waals surface area contributed by atoms with Crippen molar-refractivity contribution in [3.63, 3.8) is 0 Å². The molecule has 0 aromatic heterocycles. The van der Waals surface area contributed by atoms with Crippen molar-refractivity contribution in [2.75, 3.05) is 6.61 Å². The number of hydrogen-bond donors (Lipinski definition) is 1. The van der Waals surface area contributed by atoms with E-state index in [-0.39, 0.29) is 0 Å². The minimum Gasteiger partial charge on any atom is -0.396 e. The molecule has 0 amide bonds. The molecule has 0 saturated heterocycles. The lowest BCUT2D eigenvalue weighted by Crippen LogP contribution is -2.43. The molecule has 1 N–H and O–H groups in total. The average Bonchev–Trinajstić information content (AvgIpc) is 2.63. The maximum Gasteiger partial charge on any atom is 0.140 e. The molecule has 0 heterocycles. The normalized spacial score (nSPS) is 27.9. The third-order valence-corrected chi connectivity index (χ3v) is 18.3. The van der Waals surface area contributed by atoms with Crippen molar-refractivity contribution in [3.05, 3.63) is 0 Å². The summed E-state index contributed by atoms with van der Waals surface area (Å²) in [5, 5.41) is 10.4. The molecule has 3 rings (SSSR count). The summed E-state index contributed by atoms with van der Waals surface area (Å²) < 4.78 is 0. The van der Waals surface area contributed by atoms with E-state index in [0.717, 1.165) is 17.7 Å². The molecule has 3 heteroatoms. The van der Waals surface area contributed by atoms with Gasteiger partial charge in [-0.25, -0.2) is 0 Å². The lowest BCUT2D eigenvalue weighted by Gasteiger charge is -2.51. The second kappa shape index (κ2) is 8.50. The van der Waals surface area contributed by atoms with E-state index in [1.807, 2.05) is 0 Å². The summed E-state index contributed by atoms with van der Waals surface area (Å²) >= 11 is 4.63. The van der Waals surface area contributed by atoms with Gasteiger partial charge in [0.15, 0.2) is 0 Å². The van der Waals surface area contributed by atoms with Gasteiger partial charge in [-0.3, -0.25) is 0 Å². The minimum atomic E-state index is -1.19. The van der Waals surface area contributed by atoms with Gasteiger partial charge in [0.05, 0.1) is 22.4 Å². The number of aliphatic hydroxyl groups excluding tert-OH is 1. The van der Waals surface area contributed by atoms with Crippen LogP contribution in [0.15, 0.2) is 0 Å². The van der Waals surface area contributed by atoms with E-state index < -0.39 is 5.96 Å². The maximum atomic E-state index is 9.94. The molecule has 0 radical (unpaired) electrons. The van der Waals surface area contributed by atoms with Crippen LogP contribution in [-0.2, 0) is 0 Å². The zero-order valence-electron chi connectivity index (χ0n) is 14.9. The standard InChI is InChI=1S/C20H37BrOP/c21-23(18-10-4-1-5-11-18,19-12-6-2-7-13-19)20(16-17-22)14-8-3-9-15-20/h18-19,22H,1-17H2/q+1. The van der Waals surface area contributed by atoms with E-state index in [2.05, 4.69) is 15.5 Å². The van der Waals surface area contributed by atoms with Gasteiger partial charge in [0.2, 0.25) is 0 Å². The summed E-state index contributed by atoms with van der Waals surface area (Å²) in [5.41, 5.74) is 1.92. The fraction of sp³-hybridized carbons (Fsp3) is 1.00. The Morgan fingerprint density at radius 2 is 1.17 bits per heavy atom. The molecule has 0 spiro atoms. The highest BCUT2D eigenvalue weighted by molar-refractivity contribution is 9.42. The fourth-order valence-electron chi connectivity index (χ4n) is 6.17. The number of rotatable bonds is 5. The van der Waals surface area contributed by atoms with E-state index in [9.17, 15) is 5.11 Å². The van der Waals surface area contributed by atoms with Gasteiger partial charge in [0.25, 0.3) is 0 Å². The number of halogens is 1. The van der Waals surface area contributed by atoms with Gasteiger partial charge < -0.3 is 5.11 Å². The quantitative estimate of drug-likeness (QED) is 0.486. The first-order valence-electron chi connectivity index (χ1n) is 10.4. The van der Waals surface area contributed by atoms with Gasteiger partial charge in [-0.2, -0.15) is 0 Å². The summed E-state index contributed by atoms with van der Waals surface area (Å²) in [6.45, 7) is 0.410. The Hall–Kier alpha value is 0.870. The van der Waals surface area contributed by atoms with Crippen LogP contribution in [0.1, 0.15) is 103 Å². The van der Waals surface area contributed by atoms with Crippen molar-refractivity contribution >= 4 is 21.5 Å². The highest BCUT2D eigenvalue weighted by Crippen LogP contribution is 2.87. The number of hydrogen-bond acceptors (Lipinski definition) is 1. The Morgan fingerprint density at radius 1 is 0.739 bits per heavy atom. The topological polar surface area (TPSA) is 20.2 Å². The molecule has 1 nitrogen and oxygen atoms in total. The van der Waals surface area contributed by atoms with E-state index in [1.165, 1.54) is 96.3 Å². The van der Waals surface area contributed by atoms with Gasteiger partial charge in [0.1, 0.15) is 15.5 Å². The van der Waals surface area contributed by atoms with Crippen LogP contribution in [0.4, 0.5) is 0 Å².